The summed E-state index contributed by atoms with van der Waals surface area (Å²) in [6.07, 6.45) is 0. The first-order chi connectivity index (χ1) is 7.54. The minimum absolute atomic E-state index is 0.0622. The predicted molar refractivity (Wildman–Crippen MR) is 71.5 cm³/mol. The van der Waals surface area contributed by atoms with Crippen molar-refractivity contribution in [1.29, 1.82) is 0 Å². The molecule has 0 spiro atoms. The van der Waals surface area contributed by atoms with E-state index < -0.39 is 0 Å². The molecule has 1 unspecified atom stereocenters. The van der Waals surface area contributed by atoms with Crippen molar-refractivity contribution in [2.45, 2.75) is 13.8 Å². The molecule has 1 rings (SSSR count). The highest BCUT2D eigenvalue weighted by Gasteiger charge is 2.10. The molecule has 0 saturated carbocycles. The highest BCUT2D eigenvalue weighted by molar-refractivity contribution is 9.09. The first-order valence-electron chi connectivity index (χ1n) is 5.15. The third-order valence-electron chi connectivity index (χ3n) is 2.32. The number of carbonyl (C=O) groups is 1. The molecule has 1 aromatic carbocycles. The number of hydrogen-bond donors (Lipinski definition) is 1. The molecule has 1 atom stereocenters. The summed E-state index contributed by atoms with van der Waals surface area (Å²) < 4.78 is 0. The van der Waals surface area contributed by atoms with Crippen LogP contribution >= 0.6 is 27.5 Å². The van der Waals surface area contributed by atoms with E-state index in [1.807, 2.05) is 13.0 Å². The number of halogens is 2. The number of nitrogens with one attached hydrogen (secondary N) is 1. The maximum Gasteiger partial charge on any atom is 0.251 e. The molecule has 0 fully saturated rings. The highest BCUT2D eigenvalue weighted by atomic mass is 79.9. The molecule has 1 amide bonds. The van der Waals surface area contributed by atoms with Crippen molar-refractivity contribution < 1.29 is 4.79 Å². The lowest BCUT2D eigenvalue weighted by molar-refractivity contribution is 0.0948. The van der Waals surface area contributed by atoms with Gasteiger partial charge in [-0.05, 0) is 30.5 Å². The van der Waals surface area contributed by atoms with E-state index in [-0.39, 0.29) is 5.91 Å². The summed E-state index contributed by atoms with van der Waals surface area (Å²) in [6, 6.07) is 5.34. The minimum atomic E-state index is -0.0622. The van der Waals surface area contributed by atoms with Gasteiger partial charge in [0.1, 0.15) is 0 Å². The van der Waals surface area contributed by atoms with Crippen molar-refractivity contribution in [3.63, 3.8) is 0 Å². The van der Waals surface area contributed by atoms with Crippen LogP contribution in [-0.4, -0.2) is 17.8 Å². The predicted octanol–water partition coefficient (Wildman–Crippen LogP) is 3.41. The van der Waals surface area contributed by atoms with E-state index in [9.17, 15) is 4.79 Å². The van der Waals surface area contributed by atoms with Crippen LogP contribution in [0.15, 0.2) is 18.2 Å². The Morgan fingerprint density at radius 3 is 2.88 bits per heavy atom. The van der Waals surface area contributed by atoms with E-state index in [1.165, 1.54) is 0 Å². The molecule has 0 aliphatic rings. The molecule has 0 bridgehead atoms. The van der Waals surface area contributed by atoms with Gasteiger partial charge >= 0.3 is 0 Å². The molecule has 0 radical (unpaired) electrons. The van der Waals surface area contributed by atoms with Crippen molar-refractivity contribution in [2.75, 3.05) is 11.9 Å². The third-order valence-corrected chi connectivity index (χ3v) is 3.66. The van der Waals surface area contributed by atoms with Crippen molar-refractivity contribution in [3.8, 4) is 0 Å². The monoisotopic (exact) mass is 303 g/mol. The average Bonchev–Trinajstić information content (AvgIpc) is 2.28. The first kappa shape index (κ1) is 13.5. The van der Waals surface area contributed by atoms with Crippen LogP contribution in [0.2, 0.25) is 5.02 Å². The van der Waals surface area contributed by atoms with Crippen LogP contribution in [0.4, 0.5) is 0 Å². The largest absolute Gasteiger partial charge is 0.352 e. The molecular weight excluding hydrogens is 289 g/mol. The van der Waals surface area contributed by atoms with Gasteiger partial charge in [-0.25, -0.2) is 0 Å². The zero-order valence-corrected chi connectivity index (χ0v) is 11.7. The Bertz CT molecular complexity index is 381. The number of rotatable bonds is 4. The van der Waals surface area contributed by atoms with Gasteiger partial charge in [0.15, 0.2) is 0 Å². The standard InChI is InChI=1S/C12H15BrClNO/c1-8(6-13)7-15-12(16)11-5-10(14)4-3-9(11)2/h3-5,8H,6-7H2,1-2H3,(H,15,16). The molecule has 1 N–H and O–H groups in total. The SMILES string of the molecule is Cc1ccc(Cl)cc1C(=O)NCC(C)CBr. The zero-order chi connectivity index (χ0) is 12.1. The van der Waals surface area contributed by atoms with Gasteiger partial charge in [-0.3, -0.25) is 4.79 Å². The second-order valence-electron chi connectivity index (χ2n) is 3.93. The van der Waals surface area contributed by atoms with E-state index in [1.54, 1.807) is 12.1 Å². The summed E-state index contributed by atoms with van der Waals surface area (Å²) in [7, 11) is 0. The van der Waals surface area contributed by atoms with Crippen LogP contribution < -0.4 is 5.32 Å². The quantitative estimate of drug-likeness (QED) is 0.849. The molecule has 2 nitrogen and oxygen atoms in total. The second kappa shape index (κ2) is 6.26. The van der Waals surface area contributed by atoms with E-state index in [0.717, 1.165) is 10.9 Å². The van der Waals surface area contributed by atoms with E-state index in [4.69, 9.17) is 11.6 Å². The molecule has 0 heterocycles. The minimum Gasteiger partial charge on any atom is -0.352 e. The van der Waals surface area contributed by atoms with Gasteiger partial charge < -0.3 is 5.32 Å². The number of hydrogen-bond acceptors (Lipinski definition) is 1. The molecule has 4 heteroatoms. The molecule has 1 aromatic rings. The number of alkyl halides is 1. The Kier molecular flexibility index (Phi) is 5.29. The lowest BCUT2D eigenvalue weighted by Crippen LogP contribution is -2.29. The molecule has 16 heavy (non-hydrogen) atoms. The van der Waals surface area contributed by atoms with Crippen molar-refractivity contribution in [1.82, 2.24) is 5.32 Å². The number of benzene rings is 1. The Morgan fingerprint density at radius 1 is 1.56 bits per heavy atom. The summed E-state index contributed by atoms with van der Waals surface area (Å²) in [5.74, 6) is 0.358. The highest BCUT2D eigenvalue weighted by Crippen LogP contribution is 2.15. The summed E-state index contributed by atoms with van der Waals surface area (Å²) in [5, 5.41) is 4.35. The van der Waals surface area contributed by atoms with Gasteiger partial charge in [0.25, 0.3) is 5.91 Å². The van der Waals surface area contributed by atoms with Crippen LogP contribution in [0.1, 0.15) is 22.8 Å². The van der Waals surface area contributed by atoms with Gasteiger partial charge in [0.05, 0.1) is 0 Å². The molecule has 0 aromatic heterocycles. The van der Waals surface area contributed by atoms with Crippen molar-refractivity contribution in [3.05, 3.63) is 34.3 Å². The smallest absolute Gasteiger partial charge is 0.251 e. The molecule has 88 valence electrons. The van der Waals surface area contributed by atoms with Gasteiger partial charge in [-0.15, -0.1) is 0 Å². The maximum atomic E-state index is 11.9. The summed E-state index contributed by atoms with van der Waals surface area (Å²) in [6.45, 7) is 4.63. The van der Waals surface area contributed by atoms with Gasteiger partial charge in [0, 0.05) is 22.5 Å². The average molecular weight is 305 g/mol. The van der Waals surface area contributed by atoms with Gasteiger partial charge in [-0.1, -0.05) is 40.5 Å². The third kappa shape index (κ3) is 3.80. The lowest BCUT2D eigenvalue weighted by atomic mass is 10.1. The van der Waals surface area contributed by atoms with Crippen LogP contribution in [0.25, 0.3) is 0 Å². The fourth-order valence-corrected chi connectivity index (χ4v) is 1.66. The Labute approximate surface area is 110 Å². The summed E-state index contributed by atoms with van der Waals surface area (Å²) >= 11 is 9.24. The molecule has 0 aliphatic heterocycles. The van der Waals surface area contributed by atoms with Gasteiger partial charge in [0.2, 0.25) is 0 Å². The second-order valence-corrected chi connectivity index (χ2v) is 5.01. The molecule has 0 saturated heterocycles. The zero-order valence-electron chi connectivity index (χ0n) is 9.39. The fourth-order valence-electron chi connectivity index (χ4n) is 1.26. The van der Waals surface area contributed by atoms with Crippen LogP contribution in [0.5, 0.6) is 0 Å². The first-order valence-corrected chi connectivity index (χ1v) is 6.65. The van der Waals surface area contributed by atoms with Crippen LogP contribution in [0, 0.1) is 12.8 Å². The van der Waals surface area contributed by atoms with E-state index in [2.05, 4.69) is 28.2 Å². The van der Waals surface area contributed by atoms with Gasteiger partial charge in [-0.2, -0.15) is 0 Å². The normalized spacial score (nSPS) is 12.2. The molecule has 0 aliphatic carbocycles. The van der Waals surface area contributed by atoms with E-state index >= 15 is 0 Å². The lowest BCUT2D eigenvalue weighted by Gasteiger charge is -2.11. The van der Waals surface area contributed by atoms with E-state index in [0.29, 0.717) is 23.0 Å². The summed E-state index contributed by atoms with van der Waals surface area (Å²) in [5.41, 5.74) is 1.59. The Morgan fingerprint density at radius 2 is 2.25 bits per heavy atom. The number of aryl methyl sites for hydroxylation is 1. The van der Waals surface area contributed by atoms with Crippen LogP contribution in [-0.2, 0) is 0 Å². The number of carbonyl (C=O) groups excluding carboxylic acids is 1. The Hall–Kier alpha value is -0.540. The Balaban J connectivity index is 2.69. The molecular formula is C12H15BrClNO. The summed E-state index contributed by atoms with van der Waals surface area (Å²) in [4.78, 5) is 11.9. The van der Waals surface area contributed by atoms with Crippen molar-refractivity contribution >= 4 is 33.4 Å². The topological polar surface area (TPSA) is 29.1 Å². The number of amides is 1. The fraction of sp³-hybridized carbons (Fsp3) is 0.417. The van der Waals surface area contributed by atoms with Crippen molar-refractivity contribution in [2.24, 2.45) is 5.92 Å². The van der Waals surface area contributed by atoms with Crippen LogP contribution in [0.3, 0.4) is 0 Å². The maximum absolute atomic E-state index is 11.9.